The zero-order valence-electron chi connectivity index (χ0n) is 10.1. The second-order valence-corrected chi connectivity index (χ2v) is 4.03. The summed E-state index contributed by atoms with van der Waals surface area (Å²) < 4.78 is 6.22. The van der Waals surface area contributed by atoms with Crippen LogP contribution in [0.25, 0.3) is 0 Å². The summed E-state index contributed by atoms with van der Waals surface area (Å²) in [7, 11) is 0. The van der Waals surface area contributed by atoms with Gasteiger partial charge in [-0.15, -0.1) is 0 Å². The Morgan fingerprint density at radius 2 is 2.18 bits per heavy atom. The first-order valence-electron chi connectivity index (χ1n) is 5.43. The molecule has 0 radical (unpaired) electrons. The van der Waals surface area contributed by atoms with Gasteiger partial charge in [0.2, 0.25) is 0 Å². The molecule has 0 aliphatic rings. The van der Waals surface area contributed by atoms with Gasteiger partial charge in [-0.05, 0) is 12.8 Å². The number of carboxylic acids is 1. The number of nitrogens with zero attached hydrogens (tertiary/aromatic N) is 2. The second kappa shape index (κ2) is 5.47. The van der Waals surface area contributed by atoms with E-state index in [1.165, 1.54) is 10.9 Å². The number of aromatic nitrogens is 2. The summed E-state index contributed by atoms with van der Waals surface area (Å²) in [5.74, 6) is -1.57. The Labute approximate surface area is 99.2 Å². The van der Waals surface area contributed by atoms with Crippen molar-refractivity contribution in [2.45, 2.75) is 27.3 Å². The van der Waals surface area contributed by atoms with Crippen LogP contribution in [0.15, 0.2) is 6.20 Å². The van der Waals surface area contributed by atoms with Crippen LogP contribution in [-0.2, 0) is 11.3 Å². The lowest BCUT2D eigenvalue weighted by atomic mass is 10.2. The van der Waals surface area contributed by atoms with E-state index in [4.69, 9.17) is 9.84 Å². The summed E-state index contributed by atoms with van der Waals surface area (Å²) in [6, 6.07) is 0. The van der Waals surface area contributed by atoms with E-state index < -0.39 is 11.9 Å². The Balaban J connectivity index is 3.05. The Hall–Kier alpha value is -1.85. The molecule has 0 spiro atoms. The van der Waals surface area contributed by atoms with Crippen molar-refractivity contribution >= 4 is 11.9 Å². The van der Waals surface area contributed by atoms with Gasteiger partial charge in [-0.3, -0.25) is 4.68 Å². The maximum Gasteiger partial charge on any atom is 0.359 e. The minimum absolute atomic E-state index is 0.121. The Bertz CT molecular complexity index is 423. The molecule has 1 aromatic heterocycles. The van der Waals surface area contributed by atoms with Gasteiger partial charge in [-0.1, -0.05) is 13.8 Å². The molecule has 1 N–H and O–H groups in total. The third kappa shape index (κ3) is 3.30. The molecule has 6 heteroatoms. The number of carbonyl (C=O) groups is 2. The summed E-state index contributed by atoms with van der Waals surface area (Å²) in [5, 5.41) is 12.9. The van der Waals surface area contributed by atoms with Crippen molar-refractivity contribution in [3.63, 3.8) is 0 Å². The summed E-state index contributed by atoms with van der Waals surface area (Å²) >= 11 is 0. The molecule has 0 unspecified atom stereocenters. The van der Waals surface area contributed by atoms with Gasteiger partial charge in [0, 0.05) is 12.7 Å². The van der Waals surface area contributed by atoms with Crippen LogP contribution >= 0.6 is 0 Å². The maximum absolute atomic E-state index is 11.5. The molecule has 94 valence electrons. The normalized spacial score (nSPS) is 10.6. The smallest absolute Gasteiger partial charge is 0.359 e. The molecule has 17 heavy (non-hydrogen) atoms. The highest BCUT2D eigenvalue weighted by Gasteiger charge is 2.22. The number of rotatable bonds is 5. The van der Waals surface area contributed by atoms with E-state index in [-0.39, 0.29) is 17.9 Å². The van der Waals surface area contributed by atoms with Crippen LogP contribution in [0.3, 0.4) is 0 Å². The van der Waals surface area contributed by atoms with Crippen LogP contribution in [0.5, 0.6) is 0 Å². The minimum atomic E-state index is -1.18. The van der Waals surface area contributed by atoms with Gasteiger partial charge in [0.15, 0.2) is 5.69 Å². The molecule has 1 rings (SSSR count). The van der Waals surface area contributed by atoms with Crippen molar-refractivity contribution in [1.82, 2.24) is 9.78 Å². The third-order valence-electron chi connectivity index (χ3n) is 2.01. The average molecular weight is 240 g/mol. The first-order chi connectivity index (χ1) is 7.95. The number of esters is 1. The van der Waals surface area contributed by atoms with Gasteiger partial charge in [-0.25, -0.2) is 9.59 Å². The molecule has 0 aromatic carbocycles. The van der Waals surface area contributed by atoms with Crippen molar-refractivity contribution in [2.75, 3.05) is 6.61 Å². The molecular weight excluding hydrogens is 224 g/mol. The molecule has 0 aliphatic heterocycles. The van der Waals surface area contributed by atoms with E-state index in [1.54, 1.807) is 6.92 Å². The Morgan fingerprint density at radius 3 is 2.65 bits per heavy atom. The molecule has 0 bridgehead atoms. The second-order valence-electron chi connectivity index (χ2n) is 4.03. The quantitative estimate of drug-likeness (QED) is 0.787. The third-order valence-corrected chi connectivity index (χ3v) is 2.01. The molecule has 6 nitrogen and oxygen atoms in total. The van der Waals surface area contributed by atoms with E-state index in [0.717, 1.165) is 0 Å². The fourth-order valence-corrected chi connectivity index (χ4v) is 1.40. The molecule has 0 saturated carbocycles. The van der Waals surface area contributed by atoms with Crippen LogP contribution in [0.1, 0.15) is 41.6 Å². The zero-order valence-corrected chi connectivity index (χ0v) is 10.1. The predicted octanol–water partition coefficient (Wildman–Crippen LogP) is 1.41. The lowest BCUT2D eigenvalue weighted by molar-refractivity contribution is 0.0507. The lowest BCUT2D eigenvalue weighted by Crippen LogP contribution is -2.11. The largest absolute Gasteiger partial charge is 0.478 e. The molecule has 1 aromatic rings. The number of aromatic carboxylic acids is 1. The summed E-state index contributed by atoms with van der Waals surface area (Å²) in [5.41, 5.74) is -0.260. The Morgan fingerprint density at radius 1 is 1.53 bits per heavy atom. The fourth-order valence-electron chi connectivity index (χ4n) is 1.40. The minimum Gasteiger partial charge on any atom is -0.478 e. The van der Waals surface area contributed by atoms with E-state index in [2.05, 4.69) is 5.10 Å². The van der Waals surface area contributed by atoms with Crippen LogP contribution in [0.4, 0.5) is 0 Å². The van der Waals surface area contributed by atoms with Crippen molar-refractivity contribution in [3.05, 3.63) is 17.5 Å². The highest BCUT2D eigenvalue weighted by molar-refractivity contribution is 6.00. The van der Waals surface area contributed by atoms with Gasteiger partial charge >= 0.3 is 11.9 Å². The van der Waals surface area contributed by atoms with Crippen LogP contribution in [0.2, 0.25) is 0 Å². The van der Waals surface area contributed by atoms with Crippen LogP contribution in [0, 0.1) is 5.92 Å². The van der Waals surface area contributed by atoms with Crippen LogP contribution < -0.4 is 0 Å². The lowest BCUT2D eigenvalue weighted by Gasteiger charge is -2.03. The molecule has 0 atom stereocenters. The van der Waals surface area contributed by atoms with Gasteiger partial charge in [-0.2, -0.15) is 5.10 Å². The Kier molecular flexibility index (Phi) is 4.25. The maximum atomic E-state index is 11.5. The molecule has 0 aliphatic carbocycles. The fraction of sp³-hybridized carbons (Fsp3) is 0.545. The van der Waals surface area contributed by atoms with Gasteiger partial charge in [0.1, 0.15) is 5.56 Å². The monoisotopic (exact) mass is 240 g/mol. The van der Waals surface area contributed by atoms with Crippen molar-refractivity contribution in [1.29, 1.82) is 0 Å². The molecule has 0 saturated heterocycles. The summed E-state index contributed by atoms with van der Waals surface area (Å²) in [4.78, 5) is 22.5. The van der Waals surface area contributed by atoms with Crippen LogP contribution in [-0.4, -0.2) is 33.4 Å². The number of carbonyl (C=O) groups excluding carboxylic acids is 1. The number of ether oxygens (including phenoxy) is 1. The van der Waals surface area contributed by atoms with Gasteiger partial charge in [0.05, 0.1) is 6.61 Å². The zero-order chi connectivity index (χ0) is 13.0. The van der Waals surface area contributed by atoms with E-state index >= 15 is 0 Å². The van der Waals surface area contributed by atoms with Crippen molar-refractivity contribution in [2.24, 2.45) is 5.92 Å². The van der Waals surface area contributed by atoms with E-state index in [9.17, 15) is 9.59 Å². The highest BCUT2D eigenvalue weighted by Crippen LogP contribution is 2.10. The molecule has 1 heterocycles. The van der Waals surface area contributed by atoms with Gasteiger partial charge < -0.3 is 9.84 Å². The molecule has 0 amide bonds. The van der Waals surface area contributed by atoms with E-state index in [0.29, 0.717) is 12.5 Å². The molecular formula is C11H16N2O4. The van der Waals surface area contributed by atoms with Crippen molar-refractivity contribution in [3.8, 4) is 0 Å². The average Bonchev–Trinajstić information content (AvgIpc) is 2.61. The van der Waals surface area contributed by atoms with E-state index in [1.807, 2.05) is 13.8 Å². The standard InChI is InChI=1S/C11H16N2O4/c1-4-17-11(16)9-8(10(14)15)6-13(12-9)5-7(2)3/h6-7H,4-5H2,1-3H3,(H,14,15). The highest BCUT2D eigenvalue weighted by atomic mass is 16.5. The number of hydrogen-bond donors (Lipinski definition) is 1. The molecule has 0 fully saturated rings. The topological polar surface area (TPSA) is 81.4 Å². The van der Waals surface area contributed by atoms with Crippen molar-refractivity contribution < 1.29 is 19.4 Å². The van der Waals surface area contributed by atoms with Gasteiger partial charge in [0.25, 0.3) is 0 Å². The summed E-state index contributed by atoms with van der Waals surface area (Å²) in [6.45, 7) is 6.36. The first-order valence-corrected chi connectivity index (χ1v) is 5.43. The summed E-state index contributed by atoms with van der Waals surface area (Å²) in [6.07, 6.45) is 1.36. The SMILES string of the molecule is CCOC(=O)c1nn(CC(C)C)cc1C(=O)O. The predicted molar refractivity (Wildman–Crippen MR) is 60.0 cm³/mol. The first kappa shape index (κ1) is 13.2. The number of carboxylic acid groups (broad SMARTS) is 1. The number of hydrogen-bond acceptors (Lipinski definition) is 4.